The van der Waals surface area contributed by atoms with Gasteiger partial charge >= 0.3 is 0 Å². The Labute approximate surface area is 151 Å². The van der Waals surface area contributed by atoms with Crippen molar-refractivity contribution in [3.05, 3.63) is 53.6 Å². The van der Waals surface area contributed by atoms with Crippen LogP contribution in [0.3, 0.4) is 0 Å². The van der Waals surface area contributed by atoms with Gasteiger partial charge in [-0.2, -0.15) is 0 Å². The average Bonchev–Trinajstić information content (AvgIpc) is 2.88. The van der Waals surface area contributed by atoms with Crippen molar-refractivity contribution < 1.29 is 19.4 Å². The minimum absolute atomic E-state index is 0.0209. The Kier molecular flexibility index (Phi) is 5.83. The molecule has 1 N–H and O–H groups in total. The Morgan fingerprint density at radius 2 is 2.20 bits per heavy atom. The fourth-order valence-corrected chi connectivity index (χ4v) is 3.53. The van der Waals surface area contributed by atoms with Crippen molar-refractivity contribution in [3.63, 3.8) is 0 Å². The third kappa shape index (κ3) is 4.46. The molecule has 0 saturated carbocycles. The van der Waals surface area contributed by atoms with Crippen LogP contribution in [-0.4, -0.2) is 41.9 Å². The normalized spacial score (nSPS) is 13.6. The fraction of sp³-hybridized carbons (Fsp3) is 0.316. The zero-order chi connectivity index (χ0) is 17.6. The maximum atomic E-state index is 12.6. The molecule has 0 saturated heterocycles. The van der Waals surface area contributed by atoms with Gasteiger partial charge in [0.2, 0.25) is 5.91 Å². The van der Waals surface area contributed by atoms with Gasteiger partial charge in [0, 0.05) is 17.0 Å². The van der Waals surface area contributed by atoms with Gasteiger partial charge in [-0.05, 0) is 35.9 Å². The van der Waals surface area contributed by atoms with Gasteiger partial charge < -0.3 is 19.5 Å². The second-order valence-electron chi connectivity index (χ2n) is 5.73. The van der Waals surface area contributed by atoms with Crippen molar-refractivity contribution in [1.82, 2.24) is 4.90 Å². The molecule has 1 amide bonds. The highest BCUT2D eigenvalue weighted by Gasteiger charge is 2.20. The van der Waals surface area contributed by atoms with Crippen LogP contribution in [0, 0.1) is 0 Å². The van der Waals surface area contributed by atoms with Gasteiger partial charge in [-0.15, -0.1) is 11.8 Å². The van der Waals surface area contributed by atoms with E-state index in [1.165, 1.54) is 11.8 Å². The molecule has 0 fully saturated rings. The molecule has 1 aliphatic heterocycles. The van der Waals surface area contributed by atoms with E-state index >= 15 is 0 Å². The molecule has 0 atom stereocenters. The largest absolute Gasteiger partial charge is 0.497 e. The van der Waals surface area contributed by atoms with E-state index in [1.54, 1.807) is 12.0 Å². The predicted octanol–water partition coefficient (Wildman–Crippen LogP) is 2.70. The Morgan fingerprint density at radius 3 is 3.00 bits per heavy atom. The van der Waals surface area contributed by atoms with Crippen molar-refractivity contribution in [2.75, 3.05) is 26.0 Å². The summed E-state index contributed by atoms with van der Waals surface area (Å²) in [5.41, 5.74) is 1.76. The average molecular weight is 359 g/mol. The minimum atomic E-state index is -0.0209. The lowest BCUT2D eigenvalue weighted by molar-refractivity contribution is -0.129. The number of methoxy groups -OCH3 is 1. The van der Waals surface area contributed by atoms with Gasteiger partial charge in [0.15, 0.2) is 0 Å². The second-order valence-corrected chi connectivity index (χ2v) is 6.78. The molecule has 6 heteroatoms. The fourth-order valence-electron chi connectivity index (χ4n) is 2.69. The number of aliphatic hydroxyl groups is 1. The zero-order valence-corrected chi connectivity index (χ0v) is 14.9. The van der Waals surface area contributed by atoms with Crippen LogP contribution in [0.2, 0.25) is 0 Å². The summed E-state index contributed by atoms with van der Waals surface area (Å²) in [6.07, 6.45) is 0. The van der Waals surface area contributed by atoms with Gasteiger partial charge in [-0.1, -0.05) is 12.1 Å². The van der Waals surface area contributed by atoms with Crippen LogP contribution in [-0.2, 0) is 17.9 Å². The molecule has 3 rings (SSSR count). The van der Waals surface area contributed by atoms with Crippen molar-refractivity contribution in [2.45, 2.75) is 18.0 Å². The SMILES string of the molecule is COc1cccc(SCC(=O)N2CCOc3ccc(CO)cc3C2)c1. The quantitative estimate of drug-likeness (QED) is 0.832. The van der Waals surface area contributed by atoms with Gasteiger partial charge in [0.1, 0.15) is 18.1 Å². The number of thioether (sulfide) groups is 1. The number of hydrogen-bond acceptors (Lipinski definition) is 5. The highest BCUT2D eigenvalue weighted by molar-refractivity contribution is 8.00. The van der Waals surface area contributed by atoms with Crippen molar-refractivity contribution in [1.29, 1.82) is 0 Å². The molecule has 0 bridgehead atoms. The first kappa shape index (κ1) is 17.6. The Balaban J connectivity index is 1.65. The van der Waals surface area contributed by atoms with Crippen LogP contribution in [0.25, 0.3) is 0 Å². The maximum absolute atomic E-state index is 12.6. The van der Waals surface area contributed by atoms with Crippen molar-refractivity contribution >= 4 is 17.7 Å². The molecule has 2 aromatic carbocycles. The highest BCUT2D eigenvalue weighted by atomic mass is 32.2. The molecule has 0 spiro atoms. The molecule has 1 heterocycles. The number of amides is 1. The molecule has 0 unspecified atom stereocenters. The Bertz CT molecular complexity index is 750. The lowest BCUT2D eigenvalue weighted by Crippen LogP contribution is -2.33. The maximum Gasteiger partial charge on any atom is 0.233 e. The lowest BCUT2D eigenvalue weighted by atomic mass is 10.1. The monoisotopic (exact) mass is 359 g/mol. The second kappa shape index (κ2) is 8.27. The number of aliphatic hydroxyl groups excluding tert-OH is 1. The van der Waals surface area contributed by atoms with E-state index in [2.05, 4.69) is 0 Å². The van der Waals surface area contributed by atoms with Crippen LogP contribution in [0.5, 0.6) is 11.5 Å². The first-order valence-electron chi connectivity index (χ1n) is 8.09. The summed E-state index contributed by atoms with van der Waals surface area (Å²) in [7, 11) is 1.63. The van der Waals surface area contributed by atoms with Crippen molar-refractivity contribution in [2.24, 2.45) is 0 Å². The van der Waals surface area contributed by atoms with Crippen LogP contribution in [0.15, 0.2) is 47.4 Å². The number of rotatable bonds is 5. The number of carbonyl (C=O) groups is 1. The van der Waals surface area contributed by atoms with E-state index in [9.17, 15) is 9.90 Å². The molecular weight excluding hydrogens is 338 g/mol. The Hall–Kier alpha value is -2.18. The van der Waals surface area contributed by atoms with Gasteiger partial charge in [-0.3, -0.25) is 4.79 Å². The first-order chi connectivity index (χ1) is 12.2. The van der Waals surface area contributed by atoms with E-state index in [4.69, 9.17) is 9.47 Å². The summed E-state index contributed by atoms with van der Waals surface area (Å²) in [6, 6.07) is 13.3. The number of ether oxygens (including phenoxy) is 2. The zero-order valence-electron chi connectivity index (χ0n) is 14.1. The molecule has 0 aliphatic carbocycles. The van der Waals surface area contributed by atoms with Gasteiger partial charge in [-0.25, -0.2) is 0 Å². The first-order valence-corrected chi connectivity index (χ1v) is 9.08. The molecule has 132 valence electrons. The Morgan fingerprint density at radius 1 is 1.32 bits per heavy atom. The lowest BCUT2D eigenvalue weighted by Gasteiger charge is -2.20. The molecule has 25 heavy (non-hydrogen) atoms. The molecule has 1 aliphatic rings. The molecule has 0 aromatic heterocycles. The highest BCUT2D eigenvalue weighted by Crippen LogP contribution is 2.26. The number of carbonyl (C=O) groups excluding carboxylic acids is 1. The number of fused-ring (bicyclic) bond motifs is 1. The van der Waals surface area contributed by atoms with E-state index in [1.807, 2.05) is 42.5 Å². The summed E-state index contributed by atoms with van der Waals surface area (Å²) >= 11 is 1.50. The minimum Gasteiger partial charge on any atom is -0.497 e. The summed E-state index contributed by atoms with van der Waals surface area (Å²) in [5.74, 6) is 2.00. The summed E-state index contributed by atoms with van der Waals surface area (Å²) in [6.45, 7) is 1.51. The van der Waals surface area contributed by atoms with Crippen LogP contribution in [0.4, 0.5) is 0 Å². The van der Waals surface area contributed by atoms with E-state index in [0.717, 1.165) is 27.5 Å². The predicted molar refractivity (Wildman–Crippen MR) is 97.0 cm³/mol. The van der Waals surface area contributed by atoms with Gasteiger partial charge in [0.25, 0.3) is 0 Å². The number of benzene rings is 2. The molecular formula is C19H21NO4S. The van der Waals surface area contributed by atoms with Crippen LogP contribution < -0.4 is 9.47 Å². The van der Waals surface area contributed by atoms with Crippen molar-refractivity contribution in [3.8, 4) is 11.5 Å². The number of hydrogen-bond donors (Lipinski definition) is 1. The standard InChI is InChI=1S/C19H21NO4S/c1-23-16-3-2-4-17(10-16)25-13-19(22)20-7-8-24-18-6-5-14(12-21)9-15(18)11-20/h2-6,9-10,21H,7-8,11-13H2,1H3. The topological polar surface area (TPSA) is 59.0 Å². The molecule has 0 radical (unpaired) electrons. The third-order valence-electron chi connectivity index (χ3n) is 4.04. The third-order valence-corrected chi connectivity index (χ3v) is 5.02. The van der Waals surface area contributed by atoms with E-state index in [-0.39, 0.29) is 12.5 Å². The van der Waals surface area contributed by atoms with Crippen LogP contribution in [0.1, 0.15) is 11.1 Å². The van der Waals surface area contributed by atoms with Crippen LogP contribution >= 0.6 is 11.8 Å². The van der Waals surface area contributed by atoms with Gasteiger partial charge in [0.05, 0.1) is 26.0 Å². The number of nitrogens with zero attached hydrogens (tertiary/aromatic N) is 1. The van der Waals surface area contributed by atoms with E-state index < -0.39 is 0 Å². The summed E-state index contributed by atoms with van der Waals surface area (Å²) in [4.78, 5) is 15.4. The molecule has 5 nitrogen and oxygen atoms in total. The van der Waals surface area contributed by atoms with E-state index in [0.29, 0.717) is 25.4 Å². The summed E-state index contributed by atoms with van der Waals surface area (Å²) in [5, 5.41) is 9.30. The molecule has 2 aromatic rings. The smallest absolute Gasteiger partial charge is 0.233 e. The summed E-state index contributed by atoms with van der Waals surface area (Å²) < 4.78 is 10.9.